The van der Waals surface area contributed by atoms with Crippen LogP contribution in [-0.4, -0.2) is 17.2 Å². The first-order valence-corrected chi connectivity index (χ1v) is 6.57. The first-order valence-electron chi connectivity index (χ1n) is 6.19. The van der Waals surface area contributed by atoms with Crippen LogP contribution in [0.25, 0.3) is 0 Å². The highest BCUT2D eigenvalue weighted by Crippen LogP contribution is 2.34. The van der Waals surface area contributed by atoms with Crippen molar-refractivity contribution in [2.24, 2.45) is 5.92 Å². The summed E-state index contributed by atoms with van der Waals surface area (Å²) in [7, 11) is 0. The SMILES string of the molecule is Cc1ccc(Cl)c(OC2CCC(CC(=O)O)C2)c1. The average Bonchev–Trinajstić information content (AvgIpc) is 2.70. The van der Waals surface area contributed by atoms with E-state index in [1.807, 2.05) is 25.1 Å². The zero-order valence-electron chi connectivity index (χ0n) is 10.4. The zero-order valence-corrected chi connectivity index (χ0v) is 11.1. The molecule has 0 bridgehead atoms. The third-order valence-corrected chi connectivity index (χ3v) is 3.65. The fourth-order valence-electron chi connectivity index (χ4n) is 2.45. The van der Waals surface area contributed by atoms with Gasteiger partial charge < -0.3 is 9.84 Å². The van der Waals surface area contributed by atoms with Gasteiger partial charge in [0.2, 0.25) is 0 Å². The fraction of sp³-hybridized carbons (Fsp3) is 0.500. The Bertz CT molecular complexity index is 445. The van der Waals surface area contributed by atoms with Crippen LogP contribution in [0.3, 0.4) is 0 Å². The first kappa shape index (κ1) is 13.2. The molecule has 3 nitrogen and oxygen atoms in total. The zero-order chi connectivity index (χ0) is 13.1. The number of ether oxygens (including phenoxy) is 1. The molecule has 0 heterocycles. The van der Waals surface area contributed by atoms with Crippen molar-refractivity contribution < 1.29 is 14.6 Å². The lowest BCUT2D eigenvalue weighted by Crippen LogP contribution is -2.13. The normalized spacial score (nSPS) is 23.0. The molecule has 0 aromatic heterocycles. The smallest absolute Gasteiger partial charge is 0.303 e. The topological polar surface area (TPSA) is 46.5 Å². The van der Waals surface area contributed by atoms with Crippen LogP contribution in [0.1, 0.15) is 31.2 Å². The van der Waals surface area contributed by atoms with Gasteiger partial charge in [-0.05, 0) is 49.8 Å². The van der Waals surface area contributed by atoms with E-state index in [1.54, 1.807) is 0 Å². The summed E-state index contributed by atoms with van der Waals surface area (Å²) in [6.07, 6.45) is 2.95. The van der Waals surface area contributed by atoms with Crippen LogP contribution in [0.5, 0.6) is 5.75 Å². The standard InChI is InChI=1S/C14H17ClO3/c1-9-2-5-12(15)13(6-9)18-11-4-3-10(7-11)8-14(16)17/h2,5-6,10-11H,3-4,7-8H2,1H3,(H,16,17). The number of aliphatic carboxylic acids is 1. The van der Waals surface area contributed by atoms with Gasteiger partial charge in [0, 0.05) is 6.42 Å². The summed E-state index contributed by atoms with van der Waals surface area (Å²) in [6, 6.07) is 5.69. The molecule has 98 valence electrons. The molecule has 2 atom stereocenters. The maximum absolute atomic E-state index is 10.7. The van der Waals surface area contributed by atoms with Crippen molar-refractivity contribution in [2.45, 2.75) is 38.7 Å². The van der Waals surface area contributed by atoms with Gasteiger partial charge in [0.1, 0.15) is 5.75 Å². The highest BCUT2D eigenvalue weighted by molar-refractivity contribution is 6.32. The van der Waals surface area contributed by atoms with Gasteiger partial charge in [0.25, 0.3) is 0 Å². The lowest BCUT2D eigenvalue weighted by molar-refractivity contribution is -0.138. The Labute approximate surface area is 112 Å². The monoisotopic (exact) mass is 268 g/mol. The molecule has 0 amide bonds. The second kappa shape index (κ2) is 5.61. The van der Waals surface area contributed by atoms with Crippen molar-refractivity contribution in [3.8, 4) is 5.75 Å². The summed E-state index contributed by atoms with van der Waals surface area (Å²) in [5.74, 6) is 0.211. The number of carboxylic acids is 1. The Kier molecular flexibility index (Phi) is 4.12. The van der Waals surface area contributed by atoms with Crippen LogP contribution in [0, 0.1) is 12.8 Å². The highest BCUT2D eigenvalue weighted by Gasteiger charge is 2.28. The number of hydrogen-bond donors (Lipinski definition) is 1. The molecule has 1 N–H and O–H groups in total. The molecule has 2 rings (SSSR count). The molecule has 18 heavy (non-hydrogen) atoms. The molecule has 1 aliphatic carbocycles. The van der Waals surface area contributed by atoms with Crippen LogP contribution >= 0.6 is 11.6 Å². The molecular weight excluding hydrogens is 252 g/mol. The number of benzene rings is 1. The number of rotatable bonds is 4. The van der Waals surface area contributed by atoms with E-state index in [1.165, 1.54) is 0 Å². The summed E-state index contributed by atoms with van der Waals surface area (Å²) in [5.41, 5.74) is 1.11. The number of aryl methyl sites for hydroxylation is 1. The van der Waals surface area contributed by atoms with Gasteiger partial charge in [-0.25, -0.2) is 0 Å². The Morgan fingerprint density at radius 1 is 1.50 bits per heavy atom. The van der Waals surface area contributed by atoms with E-state index in [0.717, 1.165) is 24.8 Å². The molecular formula is C14H17ClO3. The highest BCUT2D eigenvalue weighted by atomic mass is 35.5. The molecule has 2 unspecified atom stereocenters. The van der Waals surface area contributed by atoms with E-state index in [0.29, 0.717) is 10.8 Å². The summed E-state index contributed by atoms with van der Waals surface area (Å²) >= 11 is 6.08. The Morgan fingerprint density at radius 2 is 2.28 bits per heavy atom. The number of halogens is 1. The molecule has 1 saturated carbocycles. The number of carbonyl (C=O) groups is 1. The quantitative estimate of drug-likeness (QED) is 0.906. The van der Waals surface area contributed by atoms with Gasteiger partial charge in [-0.15, -0.1) is 0 Å². The second-order valence-corrected chi connectivity index (χ2v) is 5.36. The van der Waals surface area contributed by atoms with Crippen molar-refractivity contribution in [1.29, 1.82) is 0 Å². The van der Waals surface area contributed by atoms with Crippen molar-refractivity contribution in [3.05, 3.63) is 28.8 Å². The van der Waals surface area contributed by atoms with Crippen molar-refractivity contribution in [1.82, 2.24) is 0 Å². The third-order valence-electron chi connectivity index (χ3n) is 3.34. The number of carboxylic acid groups (broad SMARTS) is 1. The van der Waals surface area contributed by atoms with Crippen LogP contribution in [-0.2, 0) is 4.79 Å². The van der Waals surface area contributed by atoms with E-state index in [4.69, 9.17) is 21.4 Å². The predicted octanol–water partition coefficient (Wildman–Crippen LogP) is 3.67. The number of hydrogen-bond acceptors (Lipinski definition) is 2. The predicted molar refractivity (Wildman–Crippen MR) is 70.2 cm³/mol. The molecule has 0 saturated heterocycles. The third kappa shape index (κ3) is 3.39. The van der Waals surface area contributed by atoms with Crippen LogP contribution in [0.2, 0.25) is 5.02 Å². The van der Waals surface area contributed by atoms with Crippen LogP contribution in [0.15, 0.2) is 18.2 Å². The lowest BCUT2D eigenvalue weighted by Gasteiger charge is -2.15. The van der Waals surface area contributed by atoms with Crippen molar-refractivity contribution >= 4 is 17.6 Å². The molecule has 4 heteroatoms. The van der Waals surface area contributed by atoms with Gasteiger partial charge >= 0.3 is 5.97 Å². The molecule has 0 aliphatic heterocycles. The second-order valence-electron chi connectivity index (χ2n) is 4.95. The van der Waals surface area contributed by atoms with Gasteiger partial charge in [0.15, 0.2) is 0 Å². The van der Waals surface area contributed by atoms with E-state index < -0.39 is 5.97 Å². The van der Waals surface area contributed by atoms with Crippen molar-refractivity contribution in [2.75, 3.05) is 0 Å². The van der Waals surface area contributed by atoms with Crippen LogP contribution in [0.4, 0.5) is 0 Å². The average molecular weight is 269 g/mol. The maximum atomic E-state index is 10.7. The Morgan fingerprint density at radius 3 is 3.00 bits per heavy atom. The molecule has 0 spiro atoms. The lowest BCUT2D eigenvalue weighted by atomic mass is 10.0. The Balaban J connectivity index is 1.95. The van der Waals surface area contributed by atoms with E-state index in [-0.39, 0.29) is 18.4 Å². The first-order chi connectivity index (χ1) is 8.54. The summed E-state index contributed by atoms with van der Waals surface area (Å²) in [6.45, 7) is 1.99. The van der Waals surface area contributed by atoms with Gasteiger partial charge in [0.05, 0.1) is 11.1 Å². The molecule has 1 aromatic rings. The van der Waals surface area contributed by atoms with Crippen LogP contribution < -0.4 is 4.74 Å². The fourth-order valence-corrected chi connectivity index (χ4v) is 2.61. The summed E-state index contributed by atoms with van der Waals surface area (Å²) in [5, 5.41) is 9.38. The molecule has 1 aromatic carbocycles. The summed E-state index contributed by atoms with van der Waals surface area (Å²) in [4.78, 5) is 10.7. The largest absolute Gasteiger partial charge is 0.489 e. The molecule has 1 aliphatic rings. The minimum Gasteiger partial charge on any atom is -0.489 e. The van der Waals surface area contributed by atoms with Gasteiger partial charge in [-0.3, -0.25) is 4.79 Å². The summed E-state index contributed by atoms with van der Waals surface area (Å²) < 4.78 is 5.87. The molecule has 1 fully saturated rings. The van der Waals surface area contributed by atoms with E-state index in [2.05, 4.69) is 0 Å². The molecule has 0 radical (unpaired) electrons. The van der Waals surface area contributed by atoms with E-state index >= 15 is 0 Å². The minimum atomic E-state index is -0.728. The Hall–Kier alpha value is -1.22. The maximum Gasteiger partial charge on any atom is 0.303 e. The van der Waals surface area contributed by atoms with Gasteiger partial charge in [-0.2, -0.15) is 0 Å². The minimum absolute atomic E-state index is 0.0913. The van der Waals surface area contributed by atoms with Gasteiger partial charge in [-0.1, -0.05) is 17.7 Å². The van der Waals surface area contributed by atoms with Crippen molar-refractivity contribution in [3.63, 3.8) is 0 Å². The van der Waals surface area contributed by atoms with E-state index in [9.17, 15) is 4.79 Å².